The van der Waals surface area contributed by atoms with Crippen LogP contribution in [0.4, 0.5) is 0 Å². The van der Waals surface area contributed by atoms with Crippen molar-refractivity contribution in [2.75, 3.05) is 13.2 Å². The van der Waals surface area contributed by atoms with E-state index >= 15 is 0 Å². The fourth-order valence-electron chi connectivity index (χ4n) is 3.09. The molecule has 1 aliphatic heterocycles. The average Bonchev–Trinajstić information content (AvgIpc) is 3.27. The molecular formula is C17H26N4O2. The summed E-state index contributed by atoms with van der Waals surface area (Å²) in [5, 5.41) is 7.86. The molecule has 1 aliphatic rings. The number of nitrogens with one attached hydrogen (secondary N) is 1. The Balaban J connectivity index is 1.55. The maximum atomic E-state index is 5.93. The molecule has 0 radical (unpaired) electrons. The lowest BCUT2D eigenvalue weighted by Gasteiger charge is -2.17. The molecule has 6 heteroatoms. The largest absolute Gasteiger partial charge is 0.444 e. The van der Waals surface area contributed by atoms with Gasteiger partial charge in [0.15, 0.2) is 5.89 Å². The van der Waals surface area contributed by atoms with Crippen LogP contribution in [0.5, 0.6) is 0 Å². The first-order chi connectivity index (χ1) is 11.2. The van der Waals surface area contributed by atoms with Crippen molar-refractivity contribution in [3.63, 3.8) is 0 Å². The van der Waals surface area contributed by atoms with Gasteiger partial charge in [-0.05, 0) is 20.3 Å². The van der Waals surface area contributed by atoms with Crippen LogP contribution in [0.15, 0.2) is 16.8 Å². The van der Waals surface area contributed by atoms with Gasteiger partial charge in [0.25, 0.3) is 0 Å². The first kappa shape index (κ1) is 16.2. The topological polar surface area (TPSA) is 65.1 Å². The van der Waals surface area contributed by atoms with E-state index in [0.29, 0.717) is 5.92 Å². The number of oxazole rings is 1. The van der Waals surface area contributed by atoms with Gasteiger partial charge in [-0.25, -0.2) is 4.98 Å². The van der Waals surface area contributed by atoms with Crippen molar-refractivity contribution in [1.29, 1.82) is 0 Å². The SMILES string of the molecule is CCc1nc(C)c(CNC[C@H]2CCO[C@@H]2c2cnn(CC)c2)o1. The van der Waals surface area contributed by atoms with E-state index in [1.54, 1.807) is 0 Å². The van der Waals surface area contributed by atoms with E-state index in [2.05, 4.69) is 35.4 Å². The molecule has 6 nitrogen and oxygen atoms in total. The van der Waals surface area contributed by atoms with Crippen molar-refractivity contribution in [2.24, 2.45) is 5.92 Å². The van der Waals surface area contributed by atoms with Gasteiger partial charge in [-0.15, -0.1) is 0 Å². The van der Waals surface area contributed by atoms with Crippen LogP contribution in [0.3, 0.4) is 0 Å². The minimum Gasteiger partial charge on any atom is -0.444 e. The Morgan fingerprint density at radius 3 is 2.96 bits per heavy atom. The van der Waals surface area contributed by atoms with E-state index in [-0.39, 0.29) is 6.10 Å². The zero-order valence-electron chi connectivity index (χ0n) is 14.2. The molecule has 0 amide bonds. The van der Waals surface area contributed by atoms with Crippen molar-refractivity contribution in [3.8, 4) is 0 Å². The van der Waals surface area contributed by atoms with Gasteiger partial charge in [0.2, 0.25) is 0 Å². The molecule has 126 valence electrons. The average molecular weight is 318 g/mol. The first-order valence-electron chi connectivity index (χ1n) is 8.51. The van der Waals surface area contributed by atoms with Crippen LogP contribution >= 0.6 is 0 Å². The molecule has 0 aliphatic carbocycles. The van der Waals surface area contributed by atoms with Crippen LogP contribution in [0, 0.1) is 12.8 Å². The summed E-state index contributed by atoms with van der Waals surface area (Å²) in [5.41, 5.74) is 2.16. The van der Waals surface area contributed by atoms with Crippen LogP contribution in [-0.4, -0.2) is 27.9 Å². The molecular weight excluding hydrogens is 292 g/mol. The number of ether oxygens (including phenoxy) is 1. The maximum absolute atomic E-state index is 5.93. The molecule has 2 atom stereocenters. The van der Waals surface area contributed by atoms with Crippen molar-refractivity contribution in [2.45, 2.75) is 52.8 Å². The molecule has 3 heterocycles. The molecule has 1 saturated heterocycles. The Morgan fingerprint density at radius 2 is 2.26 bits per heavy atom. The van der Waals surface area contributed by atoms with Crippen LogP contribution in [0.1, 0.15) is 49.3 Å². The van der Waals surface area contributed by atoms with Gasteiger partial charge in [0, 0.05) is 43.8 Å². The monoisotopic (exact) mass is 318 g/mol. The van der Waals surface area contributed by atoms with Crippen LogP contribution in [0.2, 0.25) is 0 Å². The van der Waals surface area contributed by atoms with E-state index in [1.165, 1.54) is 5.56 Å². The van der Waals surface area contributed by atoms with Crippen molar-refractivity contribution >= 4 is 0 Å². The Labute approximate surface area is 137 Å². The molecule has 0 bridgehead atoms. The highest BCUT2D eigenvalue weighted by Crippen LogP contribution is 2.33. The second-order valence-electron chi connectivity index (χ2n) is 6.07. The Morgan fingerprint density at radius 1 is 1.39 bits per heavy atom. The molecule has 2 aromatic heterocycles. The summed E-state index contributed by atoms with van der Waals surface area (Å²) >= 11 is 0. The van der Waals surface area contributed by atoms with Gasteiger partial charge in [-0.1, -0.05) is 6.92 Å². The van der Waals surface area contributed by atoms with Crippen molar-refractivity contribution < 1.29 is 9.15 Å². The molecule has 0 aromatic carbocycles. The minimum absolute atomic E-state index is 0.143. The molecule has 3 rings (SSSR count). The summed E-state index contributed by atoms with van der Waals surface area (Å²) in [6, 6.07) is 0. The van der Waals surface area contributed by atoms with Crippen LogP contribution < -0.4 is 5.32 Å². The first-order valence-corrected chi connectivity index (χ1v) is 8.51. The number of hydrogen-bond donors (Lipinski definition) is 1. The summed E-state index contributed by atoms with van der Waals surface area (Å²) < 4.78 is 13.6. The number of rotatable bonds is 7. The molecule has 1 fully saturated rings. The molecule has 1 N–H and O–H groups in total. The van der Waals surface area contributed by atoms with E-state index in [4.69, 9.17) is 9.15 Å². The Hall–Kier alpha value is -1.66. The van der Waals surface area contributed by atoms with E-state index in [9.17, 15) is 0 Å². The quantitative estimate of drug-likeness (QED) is 0.850. The third-order valence-corrected chi connectivity index (χ3v) is 4.45. The summed E-state index contributed by atoms with van der Waals surface area (Å²) in [7, 11) is 0. The second kappa shape index (κ2) is 7.27. The van der Waals surface area contributed by atoms with Gasteiger partial charge in [-0.2, -0.15) is 5.10 Å². The lowest BCUT2D eigenvalue weighted by Crippen LogP contribution is -2.24. The predicted molar refractivity (Wildman–Crippen MR) is 87.0 cm³/mol. The summed E-state index contributed by atoms with van der Waals surface area (Å²) in [6.07, 6.45) is 6.08. The highest BCUT2D eigenvalue weighted by atomic mass is 16.5. The van der Waals surface area contributed by atoms with E-state index in [1.807, 2.05) is 17.8 Å². The van der Waals surface area contributed by atoms with Gasteiger partial charge >= 0.3 is 0 Å². The Bertz CT molecular complexity index is 634. The molecule has 0 unspecified atom stereocenters. The number of nitrogens with zero attached hydrogens (tertiary/aromatic N) is 3. The fraction of sp³-hybridized carbons (Fsp3) is 0.647. The van der Waals surface area contributed by atoms with Crippen LogP contribution in [-0.2, 0) is 24.2 Å². The number of aryl methyl sites for hydroxylation is 3. The highest BCUT2D eigenvalue weighted by molar-refractivity contribution is 5.12. The lowest BCUT2D eigenvalue weighted by atomic mass is 9.97. The summed E-state index contributed by atoms with van der Waals surface area (Å²) in [6.45, 7) is 9.48. The third-order valence-electron chi connectivity index (χ3n) is 4.45. The van der Waals surface area contributed by atoms with Gasteiger partial charge in [0.05, 0.1) is 24.5 Å². The maximum Gasteiger partial charge on any atom is 0.194 e. The number of hydrogen-bond acceptors (Lipinski definition) is 5. The highest BCUT2D eigenvalue weighted by Gasteiger charge is 2.30. The van der Waals surface area contributed by atoms with Gasteiger partial charge < -0.3 is 14.5 Å². The zero-order chi connectivity index (χ0) is 16.2. The van der Waals surface area contributed by atoms with Gasteiger partial charge in [-0.3, -0.25) is 4.68 Å². The summed E-state index contributed by atoms with van der Waals surface area (Å²) in [4.78, 5) is 4.41. The third kappa shape index (κ3) is 3.64. The second-order valence-corrected chi connectivity index (χ2v) is 6.07. The predicted octanol–water partition coefficient (Wildman–Crippen LogP) is 2.63. The van der Waals surface area contributed by atoms with E-state index < -0.39 is 0 Å². The molecule has 0 saturated carbocycles. The van der Waals surface area contributed by atoms with Crippen molar-refractivity contribution in [3.05, 3.63) is 35.3 Å². The van der Waals surface area contributed by atoms with Crippen LogP contribution in [0.25, 0.3) is 0 Å². The molecule has 2 aromatic rings. The van der Waals surface area contributed by atoms with Gasteiger partial charge in [0.1, 0.15) is 5.76 Å². The number of aromatic nitrogens is 3. The normalized spacial score (nSPS) is 21.2. The summed E-state index contributed by atoms with van der Waals surface area (Å²) in [5.74, 6) is 2.22. The standard InChI is InChI=1S/C17H26N4O2/c1-4-16-20-12(3)15(23-16)10-18-8-13-6-7-22-17(13)14-9-19-21(5-2)11-14/h9,11,13,17-18H,4-8,10H2,1-3H3/t13-,17+/m1/s1. The van der Waals surface area contributed by atoms with Crippen molar-refractivity contribution in [1.82, 2.24) is 20.1 Å². The zero-order valence-corrected chi connectivity index (χ0v) is 14.2. The minimum atomic E-state index is 0.143. The molecule has 23 heavy (non-hydrogen) atoms. The molecule has 0 spiro atoms. The smallest absolute Gasteiger partial charge is 0.194 e. The lowest BCUT2D eigenvalue weighted by molar-refractivity contribution is 0.0902. The fourth-order valence-corrected chi connectivity index (χ4v) is 3.09. The Kier molecular flexibility index (Phi) is 5.13. The van der Waals surface area contributed by atoms with E-state index in [0.717, 1.165) is 56.4 Å².